The molecule has 0 aliphatic rings. The Morgan fingerprint density at radius 3 is 2.37 bits per heavy atom. The third-order valence-electron chi connectivity index (χ3n) is 4.10. The van der Waals surface area contributed by atoms with Gasteiger partial charge in [-0.2, -0.15) is 0 Å². The van der Waals surface area contributed by atoms with E-state index in [1.54, 1.807) is 18.0 Å². The van der Waals surface area contributed by atoms with Gasteiger partial charge in [-0.3, -0.25) is 4.79 Å². The average molecular weight is 389 g/mol. The SMILES string of the molecule is CC(C)C(NC(=O)OCc1ccccc1)C(=O)N(C)Cc1cccc(Cl)c1. The Balaban J connectivity index is 1.94. The number of hydrogen-bond acceptors (Lipinski definition) is 3. The molecule has 0 radical (unpaired) electrons. The van der Waals surface area contributed by atoms with Gasteiger partial charge in [0.2, 0.25) is 5.91 Å². The molecule has 2 aromatic rings. The maximum Gasteiger partial charge on any atom is 0.408 e. The van der Waals surface area contributed by atoms with Gasteiger partial charge in [-0.1, -0.05) is 67.9 Å². The molecule has 2 aromatic carbocycles. The van der Waals surface area contributed by atoms with E-state index in [2.05, 4.69) is 5.32 Å². The van der Waals surface area contributed by atoms with Gasteiger partial charge < -0.3 is 15.0 Å². The van der Waals surface area contributed by atoms with Crippen LogP contribution in [0.4, 0.5) is 4.79 Å². The van der Waals surface area contributed by atoms with Crippen LogP contribution in [0.15, 0.2) is 54.6 Å². The molecule has 0 bridgehead atoms. The smallest absolute Gasteiger partial charge is 0.408 e. The molecule has 0 aliphatic carbocycles. The highest BCUT2D eigenvalue weighted by Crippen LogP contribution is 2.14. The fourth-order valence-electron chi connectivity index (χ4n) is 2.63. The molecule has 0 spiro atoms. The minimum absolute atomic E-state index is 0.0800. The summed E-state index contributed by atoms with van der Waals surface area (Å²) in [5.41, 5.74) is 1.81. The zero-order chi connectivity index (χ0) is 19.8. The molecule has 5 nitrogen and oxygen atoms in total. The van der Waals surface area contributed by atoms with Crippen molar-refractivity contribution in [2.75, 3.05) is 7.05 Å². The summed E-state index contributed by atoms with van der Waals surface area (Å²) in [6.07, 6.45) is -0.609. The summed E-state index contributed by atoms with van der Waals surface area (Å²) < 4.78 is 5.23. The van der Waals surface area contributed by atoms with Crippen LogP contribution >= 0.6 is 11.6 Å². The van der Waals surface area contributed by atoms with Crippen molar-refractivity contribution in [3.63, 3.8) is 0 Å². The van der Waals surface area contributed by atoms with Gasteiger partial charge in [-0.25, -0.2) is 4.79 Å². The Morgan fingerprint density at radius 1 is 1.07 bits per heavy atom. The molecular weight excluding hydrogens is 364 g/mol. The minimum atomic E-state index is -0.669. The zero-order valence-electron chi connectivity index (χ0n) is 15.8. The van der Waals surface area contributed by atoms with Crippen molar-refractivity contribution in [3.05, 3.63) is 70.7 Å². The van der Waals surface area contributed by atoms with Gasteiger partial charge in [-0.15, -0.1) is 0 Å². The molecule has 0 aliphatic heterocycles. The van der Waals surface area contributed by atoms with Crippen LogP contribution in [-0.2, 0) is 22.7 Å². The van der Waals surface area contributed by atoms with Gasteiger partial charge in [0, 0.05) is 18.6 Å². The highest BCUT2D eigenvalue weighted by Gasteiger charge is 2.27. The second-order valence-electron chi connectivity index (χ2n) is 6.75. The van der Waals surface area contributed by atoms with E-state index in [0.29, 0.717) is 11.6 Å². The number of benzene rings is 2. The van der Waals surface area contributed by atoms with Gasteiger partial charge in [0.05, 0.1) is 0 Å². The van der Waals surface area contributed by atoms with Gasteiger partial charge in [0.1, 0.15) is 12.6 Å². The number of hydrogen-bond donors (Lipinski definition) is 1. The Morgan fingerprint density at radius 2 is 1.74 bits per heavy atom. The summed E-state index contributed by atoms with van der Waals surface area (Å²) in [5.74, 6) is -0.259. The highest BCUT2D eigenvalue weighted by atomic mass is 35.5. The van der Waals surface area contributed by atoms with Crippen molar-refractivity contribution in [2.45, 2.75) is 33.0 Å². The van der Waals surface area contributed by atoms with E-state index < -0.39 is 12.1 Å². The van der Waals surface area contributed by atoms with Crippen LogP contribution in [0.3, 0.4) is 0 Å². The molecule has 0 fully saturated rings. The summed E-state index contributed by atoms with van der Waals surface area (Å²) >= 11 is 6.00. The molecule has 1 N–H and O–H groups in total. The fourth-order valence-corrected chi connectivity index (χ4v) is 2.84. The van der Waals surface area contributed by atoms with Crippen LogP contribution in [-0.4, -0.2) is 30.0 Å². The van der Waals surface area contributed by atoms with E-state index in [1.807, 2.05) is 62.4 Å². The molecule has 2 rings (SSSR count). The quantitative estimate of drug-likeness (QED) is 0.771. The summed E-state index contributed by atoms with van der Waals surface area (Å²) in [5, 5.41) is 3.31. The third-order valence-corrected chi connectivity index (χ3v) is 4.34. The number of likely N-dealkylation sites (N-methyl/N-ethyl adjacent to an activating group) is 1. The first-order chi connectivity index (χ1) is 12.9. The van der Waals surface area contributed by atoms with Crippen molar-refractivity contribution in [1.82, 2.24) is 10.2 Å². The first-order valence-electron chi connectivity index (χ1n) is 8.83. The van der Waals surface area contributed by atoms with E-state index in [9.17, 15) is 9.59 Å². The molecule has 0 aromatic heterocycles. The van der Waals surface area contributed by atoms with E-state index in [4.69, 9.17) is 16.3 Å². The first kappa shape index (κ1) is 20.8. The number of carbonyl (C=O) groups is 2. The van der Waals surface area contributed by atoms with Gasteiger partial charge >= 0.3 is 6.09 Å². The zero-order valence-corrected chi connectivity index (χ0v) is 16.6. The van der Waals surface area contributed by atoms with Crippen molar-refractivity contribution in [1.29, 1.82) is 0 Å². The molecule has 27 heavy (non-hydrogen) atoms. The predicted octanol–water partition coefficient (Wildman–Crippen LogP) is 4.25. The molecule has 0 heterocycles. The summed E-state index contributed by atoms with van der Waals surface area (Å²) in [7, 11) is 1.70. The topological polar surface area (TPSA) is 58.6 Å². The van der Waals surface area contributed by atoms with E-state index >= 15 is 0 Å². The number of ether oxygens (including phenoxy) is 1. The molecule has 0 saturated heterocycles. The van der Waals surface area contributed by atoms with Crippen LogP contribution in [0.2, 0.25) is 5.02 Å². The van der Waals surface area contributed by atoms with E-state index in [-0.39, 0.29) is 18.4 Å². The number of alkyl carbamates (subject to hydrolysis) is 1. The Hall–Kier alpha value is -2.53. The second kappa shape index (κ2) is 9.97. The van der Waals surface area contributed by atoms with Crippen molar-refractivity contribution >= 4 is 23.6 Å². The Kier molecular flexibility index (Phi) is 7.67. The van der Waals surface area contributed by atoms with Gasteiger partial charge in [0.25, 0.3) is 0 Å². The highest BCUT2D eigenvalue weighted by molar-refractivity contribution is 6.30. The molecule has 0 saturated carbocycles. The lowest BCUT2D eigenvalue weighted by atomic mass is 10.0. The molecule has 1 atom stereocenters. The Bertz CT molecular complexity index is 765. The monoisotopic (exact) mass is 388 g/mol. The largest absolute Gasteiger partial charge is 0.445 e. The van der Waals surface area contributed by atoms with Crippen molar-refractivity contribution < 1.29 is 14.3 Å². The number of rotatable bonds is 7. The maximum atomic E-state index is 12.8. The number of amides is 2. The normalized spacial score (nSPS) is 11.7. The number of nitrogens with one attached hydrogen (secondary N) is 1. The molecular formula is C21H25ClN2O3. The van der Waals surface area contributed by atoms with Crippen LogP contribution in [0.25, 0.3) is 0 Å². The van der Waals surface area contributed by atoms with Crippen molar-refractivity contribution in [3.8, 4) is 0 Å². The van der Waals surface area contributed by atoms with E-state index in [1.165, 1.54) is 0 Å². The lowest BCUT2D eigenvalue weighted by Gasteiger charge is -2.27. The molecule has 144 valence electrons. The predicted molar refractivity (Wildman–Crippen MR) is 106 cm³/mol. The van der Waals surface area contributed by atoms with Gasteiger partial charge in [0.15, 0.2) is 0 Å². The molecule has 6 heteroatoms. The van der Waals surface area contributed by atoms with Gasteiger partial charge in [-0.05, 0) is 29.2 Å². The fraction of sp³-hybridized carbons (Fsp3) is 0.333. The molecule has 2 amide bonds. The second-order valence-corrected chi connectivity index (χ2v) is 7.19. The van der Waals surface area contributed by atoms with Crippen LogP contribution < -0.4 is 5.32 Å². The van der Waals surface area contributed by atoms with Crippen LogP contribution in [0.1, 0.15) is 25.0 Å². The lowest BCUT2D eigenvalue weighted by molar-refractivity contribution is -0.133. The van der Waals surface area contributed by atoms with Crippen molar-refractivity contribution in [2.24, 2.45) is 5.92 Å². The summed E-state index contributed by atoms with van der Waals surface area (Å²) in [6.45, 7) is 4.33. The Labute approximate surface area is 165 Å². The molecule has 1 unspecified atom stereocenters. The standard InChI is InChI=1S/C21H25ClN2O3/c1-15(2)19(23-21(26)27-14-16-8-5-4-6-9-16)20(25)24(3)13-17-10-7-11-18(22)12-17/h4-12,15,19H,13-14H2,1-3H3,(H,23,26). The number of halogens is 1. The number of carbonyl (C=O) groups excluding carboxylic acids is 2. The summed E-state index contributed by atoms with van der Waals surface area (Å²) in [4.78, 5) is 26.5. The average Bonchev–Trinajstić information content (AvgIpc) is 2.64. The third kappa shape index (κ3) is 6.61. The van der Waals surface area contributed by atoms with E-state index in [0.717, 1.165) is 11.1 Å². The van der Waals surface area contributed by atoms with Crippen LogP contribution in [0, 0.1) is 5.92 Å². The minimum Gasteiger partial charge on any atom is -0.445 e. The first-order valence-corrected chi connectivity index (χ1v) is 9.21. The number of nitrogens with zero attached hydrogens (tertiary/aromatic N) is 1. The maximum absolute atomic E-state index is 12.8. The summed E-state index contributed by atoms with van der Waals surface area (Å²) in [6, 6.07) is 16.1. The van der Waals surface area contributed by atoms with Crippen LogP contribution in [0.5, 0.6) is 0 Å². The lowest BCUT2D eigenvalue weighted by Crippen LogP contribution is -2.50.